The van der Waals surface area contributed by atoms with Gasteiger partial charge in [0.15, 0.2) is 0 Å². The van der Waals surface area contributed by atoms with Crippen LogP contribution in [0.15, 0.2) is 35.7 Å². The summed E-state index contributed by atoms with van der Waals surface area (Å²) in [6, 6.07) is 11.3. The molecule has 0 aliphatic carbocycles. The maximum absolute atomic E-state index is 3.63. The fraction of sp³-hybridized carbons (Fsp3) is 0.375. The van der Waals surface area contributed by atoms with Crippen molar-refractivity contribution in [3.63, 3.8) is 0 Å². The number of nitrogens with one attached hydrogen (secondary N) is 1. The number of benzene rings is 1. The van der Waals surface area contributed by atoms with Gasteiger partial charge in [-0.05, 0) is 48.0 Å². The lowest BCUT2D eigenvalue weighted by Crippen LogP contribution is -2.22. The molecule has 1 aromatic carbocycles. The molecule has 1 unspecified atom stereocenters. The number of thiophene rings is 1. The molecule has 96 valence electrons. The van der Waals surface area contributed by atoms with Crippen molar-refractivity contribution in [2.75, 3.05) is 6.54 Å². The highest BCUT2D eigenvalue weighted by Gasteiger charge is 2.18. The monoisotopic (exact) mass is 259 g/mol. The van der Waals surface area contributed by atoms with Gasteiger partial charge in [0.25, 0.3) is 0 Å². The van der Waals surface area contributed by atoms with E-state index in [1.165, 1.54) is 21.6 Å². The van der Waals surface area contributed by atoms with E-state index in [0.29, 0.717) is 6.04 Å². The summed E-state index contributed by atoms with van der Waals surface area (Å²) in [6.07, 6.45) is 1.09. The van der Waals surface area contributed by atoms with E-state index in [2.05, 4.69) is 61.8 Å². The van der Waals surface area contributed by atoms with Gasteiger partial charge in [-0.1, -0.05) is 38.1 Å². The highest BCUT2D eigenvalue weighted by molar-refractivity contribution is 7.10. The van der Waals surface area contributed by atoms with Gasteiger partial charge in [0.1, 0.15) is 0 Å². The van der Waals surface area contributed by atoms with Crippen molar-refractivity contribution in [3.05, 3.63) is 57.3 Å². The van der Waals surface area contributed by atoms with Crippen LogP contribution in [0.1, 0.15) is 41.5 Å². The van der Waals surface area contributed by atoms with Crippen LogP contribution in [0, 0.1) is 6.92 Å². The van der Waals surface area contributed by atoms with Crippen molar-refractivity contribution >= 4 is 11.3 Å². The predicted octanol–water partition coefficient (Wildman–Crippen LogP) is 4.32. The molecule has 2 rings (SSSR count). The SMILES string of the molecule is CCNC(c1ccccc1CC)c1sccc1C. The number of aryl methyl sites for hydroxylation is 2. The van der Waals surface area contributed by atoms with Gasteiger partial charge in [-0.3, -0.25) is 0 Å². The van der Waals surface area contributed by atoms with Gasteiger partial charge in [0.05, 0.1) is 6.04 Å². The fourth-order valence-electron chi connectivity index (χ4n) is 2.37. The molecule has 1 N–H and O–H groups in total. The summed E-state index contributed by atoms with van der Waals surface area (Å²) >= 11 is 1.85. The van der Waals surface area contributed by atoms with E-state index in [1.807, 2.05) is 11.3 Å². The smallest absolute Gasteiger partial charge is 0.0676 e. The molecule has 0 aliphatic rings. The molecule has 0 spiro atoms. The van der Waals surface area contributed by atoms with Crippen molar-refractivity contribution in [1.82, 2.24) is 5.32 Å². The first kappa shape index (κ1) is 13.3. The van der Waals surface area contributed by atoms with Crippen LogP contribution in [0.2, 0.25) is 0 Å². The van der Waals surface area contributed by atoms with Crippen LogP contribution < -0.4 is 5.32 Å². The summed E-state index contributed by atoms with van der Waals surface area (Å²) in [5.74, 6) is 0. The van der Waals surface area contributed by atoms with Crippen LogP contribution in [-0.2, 0) is 6.42 Å². The third-order valence-electron chi connectivity index (χ3n) is 3.32. The molecule has 2 aromatic rings. The maximum atomic E-state index is 3.63. The quantitative estimate of drug-likeness (QED) is 0.843. The summed E-state index contributed by atoms with van der Waals surface area (Å²) in [6.45, 7) is 7.58. The number of hydrogen-bond donors (Lipinski definition) is 1. The predicted molar refractivity (Wildman–Crippen MR) is 80.4 cm³/mol. The topological polar surface area (TPSA) is 12.0 Å². The first-order valence-electron chi connectivity index (χ1n) is 6.63. The lowest BCUT2D eigenvalue weighted by molar-refractivity contribution is 0.632. The Morgan fingerprint density at radius 3 is 2.56 bits per heavy atom. The Kier molecular flexibility index (Phi) is 4.56. The molecule has 0 fully saturated rings. The third kappa shape index (κ3) is 2.65. The zero-order chi connectivity index (χ0) is 13.0. The van der Waals surface area contributed by atoms with Gasteiger partial charge in [-0.2, -0.15) is 0 Å². The molecule has 0 amide bonds. The Balaban J connectivity index is 2.45. The zero-order valence-corrected chi connectivity index (χ0v) is 12.2. The molecular formula is C16H21NS. The van der Waals surface area contributed by atoms with Crippen LogP contribution in [0.25, 0.3) is 0 Å². The van der Waals surface area contributed by atoms with E-state index < -0.39 is 0 Å². The minimum absolute atomic E-state index is 0.339. The molecule has 2 heteroatoms. The average molecular weight is 259 g/mol. The van der Waals surface area contributed by atoms with Crippen LogP contribution in [0.5, 0.6) is 0 Å². The zero-order valence-electron chi connectivity index (χ0n) is 11.4. The van der Waals surface area contributed by atoms with E-state index in [4.69, 9.17) is 0 Å². The highest BCUT2D eigenvalue weighted by Crippen LogP contribution is 2.31. The van der Waals surface area contributed by atoms with Crippen molar-refractivity contribution in [1.29, 1.82) is 0 Å². The van der Waals surface area contributed by atoms with E-state index in [0.717, 1.165) is 13.0 Å². The highest BCUT2D eigenvalue weighted by atomic mass is 32.1. The maximum Gasteiger partial charge on any atom is 0.0676 e. The Hall–Kier alpha value is -1.12. The first-order valence-corrected chi connectivity index (χ1v) is 7.51. The van der Waals surface area contributed by atoms with Gasteiger partial charge in [-0.15, -0.1) is 11.3 Å². The summed E-state index contributed by atoms with van der Waals surface area (Å²) in [7, 11) is 0. The second-order valence-corrected chi connectivity index (χ2v) is 5.46. The average Bonchev–Trinajstić information content (AvgIpc) is 2.82. The third-order valence-corrected chi connectivity index (χ3v) is 4.40. The Bertz CT molecular complexity index is 501. The largest absolute Gasteiger partial charge is 0.306 e. The molecule has 1 heterocycles. The lowest BCUT2D eigenvalue weighted by Gasteiger charge is -2.21. The first-order chi connectivity index (χ1) is 8.77. The lowest BCUT2D eigenvalue weighted by atomic mass is 9.96. The summed E-state index contributed by atoms with van der Waals surface area (Å²) in [5, 5.41) is 5.81. The van der Waals surface area contributed by atoms with Crippen LogP contribution in [0.4, 0.5) is 0 Å². The van der Waals surface area contributed by atoms with Crippen molar-refractivity contribution in [2.45, 2.75) is 33.2 Å². The van der Waals surface area contributed by atoms with Crippen LogP contribution in [-0.4, -0.2) is 6.54 Å². The van der Waals surface area contributed by atoms with E-state index in [1.54, 1.807) is 0 Å². The molecule has 0 bridgehead atoms. The van der Waals surface area contributed by atoms with Crippen LogP contribution in [0.3, 0.4) is 0 Å². The van der Waals surface area contributed by atoms with E-state index in [-0.39, 0.29) is 0 Å². The molecule has 0 radical (unpaired) electrons. The minimum atomic E-state index is 0.339. The molecule has 0 aliphatic heterocycles. The molecule has 18 heavy (non-hydrogen) atoms. The van der Waals surface area contributed by atoms with E-state index >= 15 is 0 Å². The number of hydrogen-bond acceptors (Lipinski definition) is 2. The van der Waals surface area contributed by atoms with Crippen molar-refractivity contribution in [2.24, 2.45) is 0 Å². The summed E-state index contributed by atoms with van der Waals surface area (Å²) in [5.41, 5.74) is 4.25. The van der Waals surface area contributed by atoms with Gasteiger partial charge < -0.3 is 5.32 Å². The molecular weight excluding hydrogens is 238 g/mol. The molecule has 1 atom stereocenters. The molecule has 1 nitrogen and oxygen atoms in total. The van der Waals surface area contributed by atoms with Crippen molar-refractivity contribution < 1.29 is 0 Å². The Morgan fingerprint density at radius 1 is 1.17 bits per heavy atom. The fourth-order valence-corrected chi connectivity index (χ4v) is 3.39. The molecule has 0 saturated heterocycles. The van der Waals surface area contributed by atoms with Gasteiger partial charge in [-0.25, -0.2) is 0 Å². The van der Waals surface area contributed by atoms with Gasteiger partial charge in [0.2, 0.25) is 0 Å². The summed E-state index contributed by atoms with van der Waals surface area (Å²) < 4.78 is 0. The second kappa shape index (κ2) is 6.17. The van der Waals surface area contributed by atoms with Crippen molar-refractivity contribution in [3.8, 4) is 0 Å². The minimum Gasteiger partial charge on any atom is -0.306 e. The number of rotatable bonds is 5. The van der Waals surface area contributed by atoms with Gasteiger partial charge >= 0.3 is 0 Å². The Morgan fingerprint density at radius 2 is 1.94 bits per heavy atom. The van der Waals surface area contributed by atoms with Crippen LogP contribution >= 0.6 is 11.3 Å². The Labute approximate surface area is 114 Å². The summed E-state index contributed by atoms with van der Waals surface area (Å²) in [4.78, 5) is 1.44. The second-order valence-electron chi connectivity index (χ2n) is 4.51. The van der Waals surface area contributed by atoms with E-state index in [9.17, 15) is 0 Å². The molecule has 1 aromatic heterocycles. The van der Waals surface area contributed by atoms with Gasteiger partial charge in [0, 0.05) is 4.88 Å². The molecule has 0 saturated carbocycles. The standard InChI is InChI=1S/C16H21NS/c1-4-13-8-6-7-9-14(13)15(17-5-2)16-12(3)10-11-18-16/h6-11,15,17H,4-5H2,1-3H3. The normalized spacial score (nSPS) is 12.6.